The van der Waals surface area contributed by atoms with Crippen molar-refractivity contribution in [1.29, 1.82) is 5.26 Å². The van der Waals surface area contributed by atoms with Crippen molar-refractivity contribution >= 4 is 5.91 Å². The first-order valence-corrected chi connectivity index (χ1v) is 8.75. The number of rotatable bonds is 6. The normalized spacial score (nSPS) is 10.0. The van der Waals surface area contributed by atoms with Crippen LogP contribution in [0.3, 0.4) is 0 Å². The van der Waals surface area contributed by atoms with Gasteiger partial charge in [-0.1, -0.05) is 36.4 Å². The minimum atomic E-state index is -0.229. The summed E-state index contributed by atoms with van der Waals surface area (Å²) in [5, 5.41) is 12.3. The summed E-state index contributed by atoms with van der Waals surface area (Å²) in [5.74, 6) is 1.13. The predicted octanol–water partition coefficient (Wildman–Crippen LogP) is 4.17. The second-order valence-corrected chi connectivity index (χ2v) is 6.06. The summed E-state index contributed by atoms with van der Waals surface area (Å²) in [6.45, 7) is 0.285. The molecule has 0 spiro atoms. The maximum Gasteiger partial charge on any atom is 0.252 e. The molecule has 0 fully saturated rings. The molecule has 0 bridgehead atoms. The number of ether oxygens (including phenoxy) is 2. The van der Waals surface area contributed by atoms with Crippen LogP contribution >= 0.6 is 0 Å². The van der Waals surface area contributed by atoms with Gasteiger partial charge in [-0.25, -0.2) is 0 Å². The molecule has 1 amide bonds. The van der Waals surface area contributed by atoms with Crippen LogP contribution in [-0.4, -0.2) is 20.1 Å². The zero-order valence-corrected chi connectivity index (χ0v) is 15.7. The number of nitrogens with zero attached hydrogens (tertiary/aromatic N) is 1. The molecular weight excluding hydrogens is 352 g/mol. The molecule has 1 N–H and O–H groups in total. The average Bonchev–Trinajstić information content (AvgIpc) is 2.77. The van der Waals surface area contributed by atoms with Crippen LogP contribution in [0.5, 0.6) is 11.5 Å². The molecule has 0 saturated heterocycles. The van der Waals surface area contributed by atoms with Gasteiger partial charge in [0.25, 0.3) is 5.91 Å². The largest absolute Gasteiger partial charge is 0.497 e. The van der Waals surface area contributed by atoms with Crippen LogP contribution in [0.1, 0.15) is 21.5 Å². The lowest BCUT2D eigenvalue weighted by Gasteiger charge is -2.14. The van der Waals surface area contributed by atoms with Gasteiger partial charge in [-0.05, 0) is 35.9 Å². The second kappa shape index (κ2) is 8.74. The van der Waals surface area contributed by atoms with Crippen LogP contribution in [-0.2, 0) is 6.54 Å². The SMILES string of the molecule is COc1ccc(OC)c(CNC(=O)c2ccccc2-c2ccccc2C#N)c1. The second-order valence-electron chi connectivity index (χ2n) is 6.06. The Morgan fingerprint density at radius 2 is 1.68 bits per heavy atom. The Morgan fingerprint density at radius 1 is 0.964 bits per heavy atom. The van der Waals surface area contributed by atoms with Crippen molar-refractivity contribution in [2.45, 2.75) is 6.54 Å². The third-order valence-corrected chi connectivity index (χ3v) is 4.44. The highest BCUT2D eigenvalue weighted by molar-refractivity contribution is 6.01. The maximum atomic E-state index is 12.9. The molecule has 0 aliphatic carbocycles. The standard InChI is InChI=1S/C23H20N2O3/c1-27-18-11-12-22(28-2)17(13-18)15-25-23(26)21-10-6-5-9-20(21)19-8-4-3-7-16(19)14-24/h3-13H,15H2,1-2H3,(H,25,26). The van der Waals surface area contributed by atoms with E-state index in [1.165, 1.54) is 0 Å². The van der Waals surface area contributed by atoms with Gasteiger partial charge in [-0.15, -0.1) is 0 Å². The Kier molecular flexibility index (Phi) is 5.93. The highest BCUT2D eigenvalue weighted by atomic mass is 16.5. The van der Waals surface area contributed by atoms with Crippen LogP contribution in [0.25, 0.3) is 11.1 Å². The van der Waals surface area contributed by atoms with Crippen LogP contribution < -0.4 is 14.8 Å². The molecule has 3 aromatic rings. The molecule has 28 heavy (non-hydrogen) atoms. The fraction of sp³-hybridized carbons (Fsp3) is 0.130. The van der Waals surface area contributed by atoms with Crippen molar-refractivity contribution in [1.82, 2.24) is 5.32 Å². The topological polar surface area (TPSA) is 71.3 Å². The lowest BCUT2D eigenvalue weighted by atomic mass is 9.95. The number of methoxy groups -OCH3 is 2. The number of nitrogens with one attached hydrogen (secondary N) is 1. The summed E-state index contributed by atoms with van der Waals surface area (Å²) < 4.78 is 10.6. The molecule has 3 aromatic carbocycles. The van der Waals surface area contributed by atoms with Gasteiger partial charge >= 0.3 is 0 Å². The van der Waals surface area contributed by atoms with Crippen LogP contribution in [0, 0.1) is 11.3 Å². The Morgan fingerprint density at radius 3 is 2.39 bits per heavy atom. The fourth-order valence-electron chi connectivity index (χ4n) is 3.02. The number of hydrogen-bond donors (Lipinski definition) is 1. The average molecular weight is 372 g/mol. The number of amides is 1. The van der Waals surface area contributed by atoms with Gasteiger partial charge in [-0.3, -0.25) is 4.79 Å². The summed E-state index contributed by atoms with van der Waals surface area (Å²) in [4.78, 5) is 12.9. The smallest absolute Gasteiger partial charge is 0.252 e. The van der Waals surface area contributed by atoms with E-state index < -0.39 is 0 Å². The third-order valence-electron chi connectivity index (χ3n) is 4.44. The minimum Gasteiger partial charge on any atom is -0.497 e. The quantitative estimate of drug-likeness (QED) is 0.705. The number of benzene rings is 3. The summed E-state index contributed by atoms with van der Waals surface area (Å²) in [6.07, 6.45) is 0. The number of carbonyl (C=O) groups is 1. The first kappa shape index (κ1) is 19.0. The zero-order valence-electron chi connectivity index (χ0n) is 15.7. The highest BCUT2D eigenvalue weighted by Gasteiger charge is 2.15. The van der Waals surface area contributed by atoms with Gasteiger partial charge in [0.15, 0.2) is 0 Å². The van der Waals surface area contributed by atoms with E-state index in [-0.39, 0.29) is 12.5 Å². The molecule has 0 heterocycles. The van der Waals surface area contributed by atoms with Crippen molar-refractivity contribution in [2.24, 2.45) is 0 Å². The van der Waals surface area contributed by atoms with Crippen LogP contribution in [0.2, 0.25) is 0 Å². The molecule has 0 aliphatic rings. The van der Waals surface area contributed by atoms with Gasteiger partial charge in [0.1, 0.15) is 11.5 Å². The first-order chi connectivity index (χ1) is 13.7. The van der Waals surface area contributed by atoms with E-state index in [1.807, 2.05) is 30.3 Å². The molecule has 0 aliphatic heterocycles. The maximum absolute atomic E-state index is 12.9. The van der Waals surface area contributed by atoms with Crippen molar-refractivity contribution in [3.63, 3.8) is 0 Å². The summed E-state index contributed by atoms with van der Waals surface area (Å²) >= 11 is 0. The van der Waals surface area contributed by atoms with Gasteiger partial charge in [0.05, 0.1) is 25.9 Å². The van der Waals surface area contributed by atoms with E-state index >= 15 is 0 Å². The van der Waals surface area contributed by atoms with E-state index in [1.54, 1.807) is 50.6 Å². The molecule has 0 saturated carbocycles. The van der Waals surface area contributed by atoms with Crippen molar-refractivity contribution in [2.75, 3.05) is 14.2 Å². The molecule has 140 valence electrons. The van der Waals surface area contributed by atoms with Crippen LogP contribution in [0.4, 0.5) is 0 Å². The molecule has 0 aromatic heterocycles. The van der Waals surface area contributed by atoms with E-state index in [9.17, 15) is 10.1 Å². The van der Waals surface area contributed by atoms with Crippen molar-refractivity contribution in [3.8, 4) is 28.7 Å². The van der Waals surface area contributed by atoms with E-state index in [2.05, 4.69) is 11.4 Å². The van der Waals surface area contributed by atoms with Gasteiger partial charge in [0, 0.05) is 23.2 Å². The van der Waals surface area contributed by atoms with E-state index in [0.29, 0.717) is 22.6 Å². The summed E-state index contributed by atoms with van der Waals surface area (Å²) in [6, 6.07) is 22.1. The lowest BCUT2D eigenvalue weighted by molar-refractivity contribution is 0.0951. The predicted molar refractivity (Wildman–Crippen MR) is 107 cm³/mol. The molecule has 0 atom stereocenters. The fourth-order valence-corrected chi connectivity index (χ4v) is 3.02. The third kappa shape index (κ3) is 3.97. The van der Waals surface area contributed by atoms with Crippen LogP contribution in [0.15, 0.2) is 66.7 Å². The first-order valence-electron chi connectivity index (χ1n) is 8.75. The van der Waals surface area contributed by atoms with E-state index in [0.717, 1.165) is 16.7 Å². The molecule has 5 nitrogen and oxygen atoms in total. The van der Waals surface area contributed by atoms with Gasteiger partial charge in [-0.2, -0.15) is 5.26 Å². The number of hydrogen-bond acceptors (Lipinski definition) is 4. The molecule has 0 unspecified atom stereocenters. The van der Waals surface area contributed by atoms with E-state index in [4.69, 9.17) is 9.47 Å². The van der Waals surface area contributed by atoms with Crippen molar-refractivity contribution < 1.29 is 14.3 Å². The Labute approximate surface area is 164 Å². The molecule has 5 heteroatoms. The number of nitriles is 1. The monoisotopic (exact) mass is 372 g/mol. The Bertz CT molecular complexity index is 1040. The van der Waals surface area contributed by atoms with Gasteiger partial charge < -0.3 is 14.8 Å². The number of carbonyl (C=O) groups excluding carboxylic acids is 1. The minimum absolute atomic E-state index is 0.229. The Balaban J connectivity index is 1.88. The lowest BCUT2D eigenvalue weighted by Crippen LogP contribution is -2.23. The Hall–Kier alpha value is -3.78. The highest BCUT2D eigenvalue weighted by Crippen LogP contribution is 2.27. The molecular formula is C23H20N2O3. The summed E-state index contributed by atoms with van der Waals surface area (Å²) in [7, 11) is 3.17. The molecule has 0 radical (unpaired) electrons. The van der Waals surface area contributed by atoms with Gasteiger partial charge in [0.2, 0.25) is 0 Å². The van der Waals surface area contributed by atoms with Crippen molar-refractivity contribution in [3.05, 3.63) is 83.4 Å². The molecule has 3 rings (SSSR count). The zero-order chi connectivity index (χ0) is 19.9. The summed E-state index contributed by atoms with van der Waals surface area (Å²) in [5.41, 5.74) is 3.29.